The Bertz CT molecular complexity index is 1450. The fraction of sp³-hybridized carbons (Fsp3) is 0.308. The van der Waals surface area contributed by atoms with Crippen LogP contribution in [0.25, 0.3) is 33.2 Å². The number of aromatic nitrogens is 4. The number of H-pyrrole nitrogens is 1. The summed E-state index contributed by atoms with van der Waals surface area (Å²) in [7, 11) is 8.00. The van der Waals surface area contributed by atoms with Crippen molar-refractivity contribution in [1.82, 2.24) is 29.7 Å². The van der Waals surface area contributed by atoms with Crippen molar-refractivity contribution in [3.63, 3.8) is 0 Å². The number of allylic oxidation sites excluding steroid dienone is 1. The molecule has 0 saturated carbocycles. The van der Waals surface area contributed by atoms with Gasteiger partial charge in [-0.3, -0.25) is 0 Å². The van der Waals surface area contributed by atoms with Crippen LogP contribution in [0.1, 0.15) is 6.42 Å². The average Bonchev–Trinajstić information content (AvgIpc) is 3.42. The summed E-state index contributed by atoms with van der Waals surface area (Å²) in [6, 6.07) is 6.52. The molecule has 0 amide bonds. The molecule has 1 aliphatic rings. The summed E-state index contributed by atoms with van der Waals surface area (Å²) < 4.78 is 16.1. The van der Waals surface area contributed by atoms with Gasteiger partial charge in [-0.05, 0) is 70.5 Å². The molecule has 4 aromatic rings. The zero-order valence-corrected chi connectivity index (χ0v) is 20.4. The number of likely N-dealkylation sites (N-methyl/N-ethyl adjacent to an activating group) is 1. The molecule has 8 nitrogen and oxygen atoms in total. The number of nitrogens with zero attached hydrogens (tertiary/aromatic N) is 4. The van der Waals surface area contributed by atoms with Crippen molar-refractivity contribution in [3.8, 4) is 11.3 Å². The number of benzene rings is 1. The van der Waals surface area contributed by atoms with E-state index in [9.17, 15) is 4.39 Å². The summed E-state index contributed by atoms with van der Waals surface area (Å²) in [6.45, 7) is 0.914. The Balaban J connectivity index is 1.51. The van der Waals surface area contributed by atoms with E-state index < -0.39 is 0 Å². The molecule has 3 aromatic heterocycles. The fourth-order valence-corrected chi connectivity index (χ4v) is 4.75. The molecule has 3 heterocycles. The van der Waals surface area contributed by atoms with Crippen LogP contribution in [-0.4, -0.2) is 63.7 Å². The number of halogens is 1. The van der Waals surface area contributed by atoms with Gasteiger partial charge in [0.25, 0.3) is 0 Å². The summed E-state index contributed by atoms with van der Waals surface area (Å²) in [5.41, 5.74) is 10.3. The highest BCUT2D eigenvalue weighted by molar-refractivity contribution is 6.02. The monoisotopic (exact) mass is 474 g/mol. The number of nitrogens with one attached hydrogen (secondary N) is 3. The van der Waals surface area contributed by atoms with E-state index in [1.807, 2.05) is 49.3 Å². The molecule has 2 unspecified atom stereocenters. The van der Waals surface area contributed by atoms with Crippen molar-refractivity contribution in [2.75, 3.05) is 33.0 Å². The Labute approximate surface area is 203 Å². The third-order valence-electron chi connectivity index (χ3n) is 6.83. The quantitative estimate of drug-likeness (QED) is 0.328. The average molecular weight is 475 g/mol. The molecule has 0 spiro atoms. The molecule has 0 fully saturated rings. The number of aryl methyl sites for hydroxylation is 1. The summed E-state index contributed by atoms with van der Waals surface area (Å²) in [5.74, 6) is 0.160. The zero-order valence-electron chi connectivity index (χ0n) is 20.4. The molecule has 5 N–H and O–H groups in total. The lowest BCUT2D eigenvalue weighted by molar-refractivity contribution is 0.300. The molecule has 0 bridgehead atoms. The Hall–Kier alpha value is -3.53. The molecule has 182 valence electrons. The molecule has 9 heteroatoms. The lowest BCUT2D eigenvalue weighted by Gasteiger charge is -2.38. The highest BCUT2D eigenvalue weighted by atomic mass is 19.1. The predicted octanol–water partition coefficient (Wildman–Crippen LogP) is 3.36. The van der Waals surface area contributed by atoms with E-state index in [0.717, 1.165) is 46.2 Å². The van der Waals surface area contributed by atoms with Gasteiger partial charge in [0.1, 0.15) is 11.5 Å². The van der Waals surface area contributed by atoms with Crippen LogP contribution >= 0.6 is 0 Å². The van der Waals surface area contributed by atoms with Crippen molar-refractivity contribution in [2.45, 2.75) is 18.0 Å². The van der Waals surface area contributed by atoms with E-state index in [-0.39, 0.29) is 17.4 Å². The Morgan fingerprint density at radius 3 is 2.80 bits per heavy atom. The molecule has 35 heavy (non-hydrogen) atoms. The number of hydrogen-bond acceptors (Lipinski definition) is 6. The van der Waals surface area contributed by atoms with Crippen molar-refractivity contribution >= 4 is 27.9 Å². The van der Waals surface area contributed by atoms with Crippen LogP contribution in [0.4, 0.5) is 10.3 Å². The van der Waals surface area contributed by atoms with Crippen LogP contribution in [-0.2, 0) is 7.05 Å². The maximum Gasteiger partial charge on any atom is 0.229 e. The van der Waals surface area contributed by atoms with E-state index in [4.69, 9.17) is 10.7 Å². The van der Waals surface area contributed by atoms with E-state index in [1.54, 1.807) is 12.1 Å². The molecule has 1 aromatic carbocycles. The number of aromatic amines is 1. The third-order valence-corrected chi connectivity index (χ3v) is 6.83. The molecule has 0 radical (unpaired) electrons. The second-order valence-corrected chi connectivity index (χ2v) is 9.40. The van der Waals surface area contributed by atoms with Crippen LogP contribution in [0.2, 0.25) is 0 Å². The second-order valence-electron chi connectivity index (χ2n) is 9.40. The largest absolute Gasteiger partial charge is 0.350 e. The standard InChI is InChI=1S/C26H31FN8/c1-29-26(10-12-34(2)3)9-7-17(14-22(26)28)31-25-32-23(18-8-11-30-24(18)33-25)20-15-35(4)21-6-5-16(27)13-19(20)21/h5-9,11,13-15,22,29H,10,12,28H2,1-4H3,(H2,30,31,32,33). The highest BCUT2D eigenvalue weighted by Crippen LogP contribution is 2.34. The molecule has 2 atom stereocenters. The van der Waals surface area contributed by atoms with Crippen molar-refractivity contribution in [2.24, 2.45) is 12.8 Å². The first-order chi connectivity index (χ1) is 16.8. The SMILES string of the molecule is CNC1(CCN(C)C)C=CC(Nc2nc(-c3cn(C)c4ccc(F)cc34)c3cc[nH]c3n2)=CC1N. The van der Waals surface area contributed by atoms with E-state index >= 15 is 0 Å². The molecular formula is C26H31FN8. The van der Waals surface area contributed by atoms with Crippen molar-refractivity contribution < 1.29 is 4.39 Å². The molecule has 1 aliphatic carbocycles. The van der Waals surface area contributed by atoms with E-state index in [2.05, 4.69) is 45.7 Å². The molecule has 0 aliphatic heterocycles. The lowest BCUT2D eigenvalue weighted by atomic mass is 9.83. The number of fused-ring (bicyclic) bond motifs is 2. The van der Waals surface area contributed by atoms with Crippen LogP contribution in [0.5, 0.6) is 0 Å². The number of anilines is 1. The van der Waals surface area contributed by atoms with E-state index in [0.29, 0.717) is 11.6 Å². The fourth-order valence-electron chi connectivity index (χ4n) is 4.75. The van der Waals surface area contributed by atoms with Crippen molar-refractivity contribution in [1.29, 1.82) is 0 Å². The summed E-state index contributed by atoms with van der Waals surface area (Å²) in [5, 5.41) is 8.41. The first-order valence-corrected chi connectivity index (χ1v) is 11.7. The molecule has 5 rings (SSSR count). The van der Waals surface area contributed by atoms with Gasteiger partial charge in [-0.2, -0.15) is 4.98 Å². The molecular weight excluding hydrogens is 443 g/mol. The minimum Gasteiger partial charge on any atom is -0.350 e. The van der Waals surface area contributed by atoms with Gasteiger partial charge in [0.2, 0.25) is 5.95 Å². The normalized spacial score (nSPS) is 20.2. The topological polar surface area (TPSA) is 99.8 Å². The zero-order chi connectivity index (χ0) is 24.7. The van der Waals surface area contributed by atoms with Crippen molar-refractivity contribution in [3.05, 3.63) is 66.4 Å². The number of nitrogens with two attached hydrogens (primary N) is 1. The van der Waals surface area contributed by atoms with Gasteiger partial charge >= 0.3 is 0 Å². The minimum absolute atomic E-state index is 0.227. The Morgan fingerprint density at radius 2 is 2.06 bits per heavy atom. The predicted molar refractivity (Wildman–Crippen MR) is 140 cm³/mol. The van der Waals surface area contributed by atoms with Gasteiger partial charge in [0.05, 0.1) is 11.2 Å². The van der Waals surface area contributed by atoms with Gasteiger partial charge in [-0.1, -0.05) is 6.08 Å². The van der Waals surface area contributed by atoms with Crippen LogP contribution in [0.15, 0.2) is 60.6 Å². The molecule has 0 saturated heterocycles. The maximum atomic E-state index is 14.1. The van der Waals surface area contributed by atoms with Gasteiger partial charge in [0.15, 0.2) is 0 Å². The first-order valence-electron chi connectivity index (χ1n) is 11.7. The van der Waals surface area contributed by atoms with Gasteiger partial charge < -0.3 is 30.8 Å². The maximum absolute atomic E-state index is 14.1. The van der Waals surface area contributed by atoms with Gasteiger partial charge in [-0.25, -0.2) is 9.37 Å². The van der Waals surface area contributed by atoms with Gasteiger partial charge in [0, 0.05) is 53.0 Å². The number of hydrogen-bond donors (Lipinski definition) is 4. The van der Waals surface area contributed by atoms with E-state index in [1.165, 1.54) is 6.07 Å². The summed E-state index contributed by atoms with van der Waals surface area (Å²) >= 11 is 0. The Morgan fingerprint density at radius 1 is 1.23 bits per heavy atom. The minimum atomic E-state index is -0.322. The van der Waals surface area contributed by atoms with Crippen LogP contribution < -0.4 is 16.4 Å². The summed E-state index contributed by atoms with van der Waals surface area (Å²) in [6.07, 6.45) is 10.8. The van der Waals surface area contributed by atoms with Gasteiger partial charge in [-0.15, -0.1) is 0 Å². The number of rotatable bonds is 7. The Kier molecular flexibility index (Phi) is 5.92. The summed E-state index contributed by atoms with van der Waals surface area (Å²) in [4.78, 5) is 14.9. The van der Waals surface area contributed by atoms with Crippen LogP contribution in [0, 0.1) is 5.82 Å². The smallest absolute Gasteiger partial charge is 0.229 e. The van der Waals surface area contributed by atoms with Crippen LogP contribution in [0.3, 0.4) is 0 Å². The highest BCUT2D eigenvalue weighted by Gasteiger charge is 2.33. The third kappa shape index (κ3) is 4.22. The first kappa shape index (κ1) is 23.2. The lowest BCUT2D eigenvalue weighted by Crippen LogP contribution is -2.57. The second kappa shape index (κ2) is 8.92.